The van der Waals surface area contributed by atoms with E-state index in [1.807, 2.05) is 4.90 Å². The van der Waals surface area contributed by atoms with Gasteiger partial charge in [0.1, 0.15) is 0 Å². The number of benzene rings is 1. The number of rotatable bonds is 4. The molecule has 0 radical (unpaired) electrons. The van der Waals surface area contributed by atoms with E-state index in [9.17, 15) is 14.9 Å². The molecule has 1 amide bonds. The number of methoxy groups -OCH3 is 1. The van der Waals surface area contributed by atoms with Crippen LogP contribution in [0.25, 0.3) is 0 Å². The van der Waals surface area contributed by atoms with Crippen molar-refractivity contribution in [3.63, 3.8) is 0 Å². The molecular formula is C15H19N3O5. The van der Waals surface area contributed by atoms with Crippen molar-refractivity contribution in [3.8, 4) is 5.75 Å². The van der Waals surface area contributed by atoms with Crippen LogP contribution in [0.3, 0.4) is 0 Å². The van der Waals surface area contributed by atoms with Crippen LogP contribution < -0.4 is 9.64 Å². The highest BCUT2D eigenvalue weighted by Gasteiger charge is 2.30. The van der Waals surface area contributed by atoms with Gasteiger partial charge in [-0.2, -0.15) is 0 Å². The molecular weight excluding hydrogens is 302 g/mol. The summed E-state index contributed by atoms with van der Waals surface area (Å²) < 4.78 is 10.4. The van der Waals surface area contributed by atoms with Crippen LogP contribution in [0.5, 0.6) is 5.75 Å². The lowest BCUT2D eigenvalue weighted by Gasteiger charge is -2.28. The van der Waals surface area contributed by atoms with Gasteiger partial charge in [-0.1, -0.05) is 0 Å². The summed E-state index contributed by atoms with van der Waals surface area (Å²) in [6.45, 7) is 3.58. The Kier molecular flexibility index (Phi) is 4.44. The maximum Gasteiger partial charge on any atom is 0.313 e. The van der Waals surface area contributed by atoms with Crippen molar-refractivity contribution < 1.29 is 19.2 Å². The van der Waals surface area contributed by atoms with E-state index in [0.717, 1.165) is 18.7 Å². The lowest BCUT2D eigenvalue weighted by molar-refractivity contribution is -0.385. The van der Waals surface area contributed by atoms with Crippen molar-refractivity contribution >= 4 is 17.3 Å². The van der Waals surface area contributed by atoms with Crippen LogP contribution in [0.1, 0.15) is 5.56 Å². The Hall–Kier alpha value is -2.19. The number of amides is 1. The van der Waals surface area contributed by atoms with Gasteiger partial charge in [-0.15, -0.1) is 0 Å². The lowest BCUT2D eigenvalue weighted by atomic mass is 10.1. The molecule has 0 N–H and O–H groups in total. The first-order valence-corrected chi connectivity index (χ1v) is 7.56. The van der Waals surface area contributed by atoms with E-state index in [4.69, 9.17) is 9.47 Å². The molecule has 0 spiro atoms. The number of fused-ring (bicyclic) bond motifs is 1. The topological polar surface area (TPSA) is 85.2 Å². The highest BCUT2D eigenvalue weighted by molar-refractivity contribution is 5.97. The van der Waals surface area contributed by atoms with E-state index in [1.165, 1.54) is 13.2 Å². The predicted molar refractivity (Wildman–Crippen MR) is 83.0 cm³/mol. The molecule has 0 bridgehead atoms. The van der Waals surface area contributed by atoms with E-state index >= 15 is 0 Å². The zero-order valence-corrected chi connectivity index (χ0v) is 13.0. The van der Waals surface area contributed by atoms with Gasteiger partial charge in [0.25, 0.3) is 0 Å². The predicted octanol–water partition coefficient (Wildman–Crippen LogP) is 0.825. The molecule has 3 rings (SSSR count). The summed E-state index contributed by atoms with van der Waals surface area (Å²) in [5.41, 5.74) is 1.41. The van der Waals surface area contributed by atoms with Crippen LogP contribution in [-0.4, -0.2) is 62.2 Å². The van der Waals surface area contributed by atoms with E-state index < -0.39 is 4.92 Å². The minimum Gasteiger partial charge on any atom is -0.490 e. The molecule has 23 heavy (non-hydrogen) atoms. The summed E-state index contributed by atoms with van der Waals surface area (Å²) in [4.78, 5) is 26.9. The first-order chi connectivity index (χ1) is 11.1. The Morgan fingerprint density at radius 3 is 2.74 bits per heavy atom. The molecule has 1 aromatic rings. The Labute approximate surface area is 133 Å². The fraction of sp³-hybridized carbons (Fsp3) is 0.533. The van der Waals surface area contributed by atoms with Crippen LogP contribution in [0.15, 0.2) is 12.1 Å². The number of nitrogens with zero attached hydrogens (tertiary/aromatic N) is 3. The summed E-state index contributed by atoms with van der Waals surface area (Å²) in [6.07, 6.45) is 0.679. The number of morpholine rings is 1. The Balaban J connectivity index is 1.81. The quantitative estimate of drug-likeness (QED) is 0.603. The molecule has 124 valence electrons. The number of carbonyl (C=O) groups is 1. The average molecular weight is 321 g/mol. The Morgan fingerprint density at radius 1 is 1.35 bits per heavy atom. The molecule has 0 saturated carbocycles. The summed E-state index contributed by atoms with van der Waals surface area (Å²) >= 11 is 0. The molecule has 8 nitrogen and oxygen atoms in total. The monoisotopic (exact) mass is 321 g/mol. The van der Waals surface area contributed by atoms with Gasteiger partial charge in [0.2, 0.25) is 5.91 Å². The molecule has 1 fully saturated rings. The maximum absolute atomic E-state index is 12.6. The number of carbonyl (C=O) groups excluding carboxylic acids is 1. The standard InChI is InChI=1S/C15H19N3O5/c1-22-14-8-11-2-3-17(12(11)9-13(14)18(20)21)15(19)10-16-4-6-23-7-5-16/h8-9H,2-7,10H2,1H3. The van der Waals surface area contributed by atoms with E-state index in [0.29, 0.717) is 38.4 Å². The van der Waals surface area contributed by atoms with Gasteiger partial charge in [-0.3, -0.25) is 19.8 Å². The smallest absolute Gasteiger partial charge is 0.313 e. The second-order valence-corrected chi connectivity index (χ2v) is 5.59. The third-order valence-electron chi connectivity index (χ3n) is 4.24. The number of ether oxygens (including phenoxy) is 2. The molecule has 0 aromatic heterocycles. The first-order valence-electron chi connectivity index (χ1n) is 7.56. The molecule has 0 unspecified atom stereocenters. The number of nitro groups is 1. The lowest BCUT2D eigenvalue weighted by Crippen LogP contribution is -2.44. The fourth-order valence-corrected chi connectivity index (χ4v) is 3.00. The zero-order valence-electron chi connectivity index (χ0n) is 13.0. The van der Waals surface area contributed by atoms with Gasteiger partial charge in [0, 0.05) is 25.7 Å². The number of hydrogen-bond donors (Lipinski definition) is 0. The van der Waals surface area contributed by atoms with Gasteiger partial charge in [-0.25, -0.2) is 0 Å². The largest absolute Gasteiger partial charge is 0.490 e. The third-order valence-corrected chi connectivity index (χ3v) is 4.24. The van der Waals surface area contributed by atoms with Gasteiger partial charge in [0.15, 0.2) is 5.75 Å². The van der Waals surface area contributed by atoms with Gasteiger partial charge in [-0.05, 0) is 18.1 Å². The molecule has 0 atom stereocenters. The van der Waals surface area contributed by atoms with Crippen LogP contribution >= 0.6 is 0 Å². The van der Waals surface area contributed by atoms with Crippen molar-refractivity contribution in [2.45, 2.75) is 6.42 Å². The third kappa shape index (κ3) is 3.13. The van der Waals surface area contributed by atoms with E-state index in [-0.39, 0.29) is 17.3 Å². The Morgan fingerprint density at radius 2 is 2.09 bits per heavy atom. The van der Waals surface area contributed by atoms with Gasteiger partial charge in [0.05, 0.1) is 37.5 Å². The molecule has 8 heteroatoms. The second-order valence-electron chi connectivity index (χ2n) is 5.59. The molecule has 1 saturated heterocycles. The van der Waals surface area contributed by atoms with Crippen LogP contribution in [-0.2, 0) is 16.0 Å². The molecule has 0 aliphatic carbocycles. The van der Waals surface area contributed by atoms with E-state index in [2.05, 4.69) is 0 Å². The van der Waals surface area contributed by atoms with Crippen LogP contribution in [0, 0.1) is 10.1 Å². The minimum atomic E-state index is -0.484. The van der Waals surface area contributed by atoms with Crippen molar-refractivity contribution in [3.05, 3.63) is 27.8 Å². The normalized spacial score (nSPS) is 17.9. The highest BCUT2D eigenvalue weighted by Crippen LogP contribution is 2.38. The van der Waals surface area contributed by atoms with Crippen molar-refractivity contribution in [1.29, 1.82) is 0 Å². The number of anilines is 1. The summed E-state index contributed by atoms with van der Waals surface area (Å²) in [5, 5.41) is 11.2. The molecule has 1 aromatic carbocycles. The van der Waals surface area contributed by atoms with Crippen LogP contribution in [0.4, 0.5) is 11.4 Å². The average Bonchev–Trinajstić information content (AvgIpc) is 2.97. The summed E-state index contributed by atoms with van der Waals surface area (Å²) in [6, 6.07) is 3.11. The van der Waals surface area contributed by atoms with Crippen molar-refractivity contribution in [1.82, 2.24) is 4.90 Å². The number of nitro benzene ring substituents is 1. The fourth-order valence-electron chi connectivity index (χ4n) is 3.00. The molecule has 2 aliphatic rings. The Bertz CT molecular complexity index is 628. The highest BCUT2D eigenvalue weighted by atomic mass is 16.6. The second kappa shape index (κ2) is 6.51. The molecule has 2 heterocycles. The summed E-state index contributed by atoms with van der Waals surface area (Å²) in [7, 11) is 1.41. The van der Waals surface area contributed by atoms with Gasteiger partial charge >= 0.3 is 5.69 Å². The van der Waals surface area contributed by atoms with E-state index in [1.54, 1.807) is 11.0 Å². The van der Waals surface area contributed by atoms with Crippen molar-refractivity contribution in [2.24, 2.45) is 0 Å². The van der Waals surface area contributed by atoms with Crippen molar-refractivity contribution in [2.75, 3.05) is 51.4 Å². The maximum atomic E-state index is 12.6. The van der Waals surface area contributed by atoms with Crippen LogP contribution in [0.2, 0.25) is 0 Å². The zero-order chi connectivity index (χ0) is 16.4. The summed E-state index contributed by atoms with van der Waals surface area (Å²) in [5.74, 6) is 0.196. The molecule has 2 aliphatic heterocycles. The first kappa shape index (κ1) is 15.7. The minimum absolute atomic E-state index is 0.0369. The SMILES string of the molecule is COc1cc2c(cc1[N+](=O)[O-])N(C(=O)CN1CCOCC1)CC2. The number of hydrogen-bond acceptors (Lipinski definition) is 6. The van der Waals surface area contributed by atoms with Gasteiger partial charge < -0.3 is 14.4 Å².